The summed E-state index contributed by atoms with van der Waals surface area (Å²) in [7, 11) is 0. The highest BCUT2D eigenvalue weighted by Gasteiger charge is 2.49. The van der Waals surface area contributed by atoms with Gasteiger partial charge in [0, 0.05) is 18.0 Å². The highest BCUT2D eigenvalue weighted by Crippen LogP contribution is 2.46. The molecule has 3 atom stereocenters. The number of fused-ring (bicyclic) bond motifs is 2. The van der Waals surface area contributed by atoms with Gasteiger partial charge in [-0.05, 0) is 30.5 Å². The van der Waals surface area contributed by atoms with Gasteiger partial charge in [-0.1, -0.05) is 30.3 Å². The molecular weight excluding hydrogens is 423 g/mol. The molecule has 0 bridgehead atoms. The van der Waals surface area contributed by atoms with Crippen LogP contribution in [0.25, 0.3) is 0 Å². The van der Waals surface area contributed by atoms with E-state index in [0.29, 0.717) is 19.4 Å². The van der Waals surface area contributed by atoms with Crippen molar-refractivity contribution < 1.29 is 23.1 Å². The summed E-state index contributed by atoms with van der Waals surface area (Å²) < 4.78 is 45.5. The van der Waals surface area contributed by atoms with Crippen LogP contribution in [0.3, 0.4) is 0 Å². The molecule has 2 aliphatic rings. The smallest absolute Gasteiger partial charge is 0.276 e. The molecule has 0 aliphatic carbocycles. The first kappa shape index (κ1) is 20.3. The molecular formula is C23H18F3N3O3. The Morgan fingerprint density at radius 2 is 1.72 bits per heavy atom. The zero-order valence-electron chi connectivity index (χ0n) is 16.7. The Morgan fingerprint density at radius 1 is 1.00 bits per heavy atom. The van der Waals surface area contributed by atoms with Crippen molar-refractivity contribution in [2.45, 2.75) is 30.8 Å². The quantitative estimate of drug-likeness (QED) is 0.677. The lowest BCUT2D eigenvalue weighted by Crippen LogP contribution is -2.51. The predicted molar refractivity (Wildman–Crippen MR) is 108 cm³/mol. The molecule has 9 heteroatoms. The summed E-state index contributed by atoms with van der Waals surface area (Å²) in [5, 5.41) is 14.5. The zero-order valence-corrected chi connectivity index (χ0v) is 16.7. The van der Waals surface area contributed by atoms with Gasteiger partial charge in [0.1, 0.15) is 5.82 Å². The van der Waals surface area contributed by atoms with E-state index in [4.69, 9.17) is 0 Å². The van der Waals surface area contributed by atoms with Gasteiger partial charge in [-0.2, -0.15) is 5.10 Å². The van der Waals surface area contributed by atoms with Crippen LogP contribution < -0.4 is 5.43 Å². The number of carbonyl (C=O) groups excluding carboxylic acids is 1. The molecule has 2 aliphatic heterocycles. The second-order valence-electron chi connectivity index (χ2n) is 7.99. The minimum atomic E-state index is -1.13. The summed E-state index contributed by atoms with van der Waals surface area (Å²) in [5.41, 5.74) is -1.18. The fourth-order valence-electron chi connectivity index (χ4n) is 4.97. The summed E-state index contributed by atoms with van der Waals surface area (Å²) >= 11 is 0. The Morgan fingerprint density at radius 3 is 2.50 bits per heavy atom. The molecule has 32 heavy (non-hydrogen) atoms. The number of aromatic nitrogens is 2. The molecule has 1 N–H and O–H groups in total. The molecule has 2 aromatic carbocycles. The lowest BCUT2D eigenvalue weighted by Gasteiger charge is -2.42. The second-order valence-corrected chi connectivity index (χ2v) is 7.99. The van der Waals surface area contributed by atoms with E-state index < -0.39 is 52.5 Å². The van der Waals surface area contributed by atoms with E-state index >= 15 is 8.78 Å². The van der Waals surface area contributed by atoms with Crippen molar-refractivity contribution in [1.29, 1.82) is 0 Å². The van der Waals surface area contributed by atoms with E-state index in [-0.39, 0.29) is 16.8 Å². The maximum absolute atomic E-state index is 15.1. The van der Waals surface area contributed by atoms with Gasteiger partial charge in [0.15, 0.2) is 23.1 Å². The Labute approximate surface area is 180 Å². The van der Waals surface area contributed by atoms with Gasteiger partial charge in [-0.3, -0.25) is 14.3 Å². The Bertz CT molecular complexity index is 1290. The van der Waals surface area contributed by atoms with Crippen LogP contribution in [-0.4, -0.2) is 38.3 Å². The minimum absolute atomic E-state index is 0.0918. The molecule has 0 saturated carbocycles. The lowest BCUT2D eigenvalue weighted by atomic mass is 9.79. The number of nitrogens with zero attached hydrogens (tertiary/aromatic N) is 3. The number of rotatable bonds is 3. The van der Waals surface area contributed by atoms with Crippen molar-refractivity contribution in [3.05, 3.63) is 93.2 Å². The Kier molecular flexibility index (Phi) is 4.76. The van der Waals surface area contributed by atoms with Gasteiger partial charge in [0.2, 0.25) is 5.43 Å². The minimum Gasteiger partial charge on any atom is -0.502 e. The maximum atomic E-state index is 15.1. The van der Waals surface area contributed by atoms with Gasteiger partial charge in [-0.25, -0.2) is 13.2 Å². The molecule has 1 saturated heterocycles. The SMILES string of the molecule is O=C1c2c(O)c(=O)cnn2[C@@H]([C@@H](c2ccccc2F)c2cccc(F)c2F)[C@H]2CCCN12. The van der Waals surface area contributed by atoms with Gasteiger partial charge in [0.25, 0.3) is 5.91 Å². The first-order valence-electron chi connectivity index (χ1n) is 10.2. The first-order chi connectivity index (χ1) is 15.4. The highest BCUT2D eigenvalue weighted by molar-refractivity contribution is 5.96. The summed E-state index contributed by atoms with van der Waals surface area (Å²) in [6, 6.07) is 8.03. The maximum Gasteiger partial charge on any atom is 0.276 e. The summed E-state index contributed by atoms with van der Waals surface area (Å²) in [4.78, 5) is 26.6. The van der Waals surface area contributed by atoms with Gasteiger partial charge >= 0.3 is 0 Å². The van der Waals surface area contributed by atoms with E-state index in [0.717, 1.165) is 12.3 Å². The molecule has 5 rings (SSSR count). The normalized spacial score (nSPS) is 20.7. The number of aromatic hydroxyl groups is 1. The fourth-order valence-corrected chi connectivity index (χ4v) is 4.97. The van der Waals surface area contributed by atoms with E-state index in [2.05, 4.69) is 5.10 Å². The molecule has 0 spiro atoms. The number of amides is 1. The van der Waals surface area contributed by atoms with Crippen molar-refractivity contribution in [1.82, 2.24) is 14.7 Å². The van der Waals surface area contributed by atoms with Crippen LogP contribution >= 0.6 is 0 Å². The molecule has 6 nitrogen and oxygen atoms in total. The molecule has 0 unspecified atom stereocenters. The summed E-state index contributed by atoms with van der Waals surface area (Å²) in [6.45, 7) is 0.359. The monoisotopic (exact) mass is 441 g/mol. The first-order valence-corrected chi connectivity index (χ1v) is 10.2. The van der Waals surface area contributed by atoms with Crippen LogP contribution in [-0.2, 0) is 0 Å². The molecule has 1 fully saturated rings. The third-order valence-corrected chi connectivity index (χ3v) is 6.32. The van der Waals surface area contributed by atoms with Crippen molar-refractivity contribution in [2.24, 2.45) is 0 Å². The average Bonchev–Trinajstić information content (AvgIpc) is 3.27. The number of hydrogen-bond acceptors (Lipinski definition) is 4. The highest BCUT2D eigenvalue weighted by atomic mass is 19.2. The van der Waals surface area contributed by atoms with Crippen molar-refractivity contribution in [3.8, 4) is 5.75 Å². The van der Waals surface area contributed by atoms with E-state index in [1.807, 2.05) is 0 Å². The van der Waals surface area contributed by atoms with Crippen LogP contribution in [0.4, 0.5) is 13.2 Å². The van der Waals surface area contributed by atoms with Crippen LogP contribution in [0, 0.1) is 17.5 Å². The largest absolute Gasteiger partial charge is 0.502 e. The van der Waals surface area contributed by atoms with Crippen LogP contribution in [0.2, 0.25) is 0 Å². The molecule has 3 aromatic rings. The number of halogens is 3. The zero-order chi connectivity index (χ0) is 22.6. The van der Waals surface area contributed by atoms with Crippen LogP contribution in [0.5, 0.6) is 5.75 Å². The third-order valence-electron chi connectivity index (χ3n) is 6.32. The average molecular weight is 441 g/mol. The molecule has 0 radical (unpaired) electrons. The van der Waals surface area contributed by atoms with Gasteiger partial charge in [0.05, 0.1) is 18.3 Å². The number of carbonyl (C=O) groups is 1. The summed E-state index contributed by atoms with van der Waals surface area (Å²) in [5.74, 6) is -5.28. The van der Waals surface area contributed by atoms with E-state index in [1.54, 1.807) is 6.07 Å². The lowest BCUT2D eigenvalue weighted by molar-refractivity contribution is 0.0563. The second kappa shape index (κ2) is 7.51. The standard InChI is InChI=1S/C23H18F3N3O3/c24-14-7-2-1-5-12(14)18(13-6-3-8-15(25)19(13)26)20-16-9-4-10-28(16)23(32)21-22(31)17(30)11-27-29(20)21/h1-3,5-8,11,16,18,20,31H,4,9-10H2/t16-,18+,20-/m1/s1. The molecule has 1 aromatic heterocycles. The Hall–Kier alpha value is -3.62. The molecule has 3 heterocycles. The van der Waals surface area contributed by atoms with Crippen LogP contribution in [0.1, 0.15) is 46.4 Å². The number of hydrogen-bond donors (Lipinski definition) is 1. The topological polar surface area (TPSA) is 75.4 Å². The van der Waals surface area contributed by atoms with Crippen molar-refractivity contribution in [2.75, 3.05) is 6.54 Å². The predicted octanol–water partition coefficient (Wildman–Crippen LogP) is 3.36. The van der Waals surface area contributed by atoms with E-state index in [9.17, 15) is 19.1 Å². The summed E-state index contributed by atoms with van der Waals surface area (Å²) in [6.07, 6.45) is 2.01. The van der Waals surface area contributed by atoms with Gasteiger partial charge in [-0.15, -0.1) is 0 Å². The van der Waals surface area contributed by atoms with Gasteiger partial charge < -0.3 is 10.0 Å². The Balaban J connectivity index is 1.83. The fraction of sp³-hybridized carbons (Fsp3) is 0.261. The third kappa shape index (κ3) is 2.91. The molecule has 164 valence electrons. The number of benzene rings is 2. The van der Waals surface area contributed by atoms with E-state index in [1.165, 1.54) is 39.9 Å². The van der Waals surface area contributed by atoms with Crippen molar-refractivity contribution in [3.63, 3.8) is 0 Å². The molecule has 1 amide bonds. The van der Waals surface area contributed by atoms with Crippen LogP contribution in [0.15, 0.2) is 53.5 Å². The van der Waals surface area contributed by atoms with Crippen molar-refractivity contribution >= 4 is 5.91 Å².